The minimum atomic E-state index is -1.06. The number of likely N-dealkylation sites (tertiary alicyclic amines) is 1. The van der Waals surface area contributed by atoms with Crippen LogP contribution in [0.1, 0.15) is 23.3 Å². The summed E-state index contributed by atoms with van der Waals surface area (Å²) in [7, 11) is 3.61. The van der Waals surface area contributed by atoms with Gasteiger partial charge in [-0.25, -0.2) is 4.79 Å². The van der Waals surface area contributed by atoms with Crippen LogP contribution in [0.4, 0.5) is 6.01 Å². The molecule has 0 amide bonds. The van der Waals surface area contributed by atoms with Gasteiger partial charge in [0.15, 0.2) is 5.69 Å². The monoisotopic (exact) mass is 297 g/mol. The predicted octanol–water partition coefficient (Wildman–Crippen LogP) is 1.17. The summed E-state index contributed by atoms with van der Waals surface area (Å²) in [4.78, 5) is 19.1. The van der Waals surface area contributed by atoms with Crippen LogP contribution in [0.15, 0.2) is 10.7 Å². The topological polar surface area (TPSA) is 79.0 Å². The lowest BCUT2D eigenvalue weighted by atomic mass is 9.96. The van der Waals surface area contributed by atoms with Gasteiger partial charge >= 0.3 is 5.97 Å². The van der Waals surface area contributed by atoms with Crippen LogP contribution in [-0.4, -0.2) is 67.9 Å². The van der Waals surface area contributed by atoms with Crippen molar-refractivity contribution < 1.29 is 19.1 Å². The zero-order valence-electron chi connectivity index (χ0n) is 12.6. The Hall–Kier alpha value is -1.60. The number of nitrogens with zero attached hydrogens (tertiary/aromatic N) is 3. The third-order valence-corrected chi connectivity index (χ3v) is 3.89. The van der Waals surface area contributed by atoms with Crippen molar-refractivity contribution >= 4 is 12.0 Å². The van der Waals surface area contributed by atoms with Crippen LogP contribution in [0.5, 0.6) is 0 Å². The molecule has 1 saturated heterocycles. The first kappa shape index (κ1) is 15.8. The van der Waals surface area contributed by atoms with Crippen LogP contribution in [0, 0.1) is 5.92 Å². The first-order valence-corrected chi connectivity index (χ1v) is 7.21. The van der Waals surface area contributed by atoms with E-state index in [1.807, 2.05) is 11.9 Å². The molecule has 0 unspecified atom stereocenters. The van der Waals surface area contributed by atoms with E-state index in [2.05, 4.69) is 9.88 Å². The molecule has 0 aliphatic carbocycles. The van der Waals surface area contributed by atoms with E-state index in [1.54, 1.807) is 7.11 Å². The van der Waals surface area contributed by atoms with E-state index < -0.39 is 5.97 Å². The quantitative estimate of drug-likeness (QED) is 0.809. The van der Waals surface area contributed by atoms with Gasteiger partial charge in [-0.1, -0.05) is 0 Å². The fourth-order valence-electron chi connectivity index (χ4n) is 2.62. The normalized spacial score (nSPS) is 17.0. The summed E-state index contributed by atoms with van der Waals surface area (Å²) >= 11 is 0. The summed E-state index contributed by atoms with van der Waals surface area (Å²) in [5.74, 6) is -0.487. The maximum atomic E-state index is 10.8. The molecule has 0 spiro atoms. The Morgan fingerprint density at radius 2 is 2.29 bits per heavy atom. The summed E-state index contributed by atoms with van der Waals surface area (Å²) < 4.78 is 10.3. The van der Waals surface area contributed by atoms with Crippen molar-refractivity contribution in [2.24, 2.45) is 5.92 Å². The van der Waals surface area contributed by atoms with Crippen molar-refractivity contribution in [3.05, 3.63) is 12.0 Å². The van der Waals surface area contributed by atoms with Crippen LogP contribution in [-0.2, 0) is 4.74 Å². The summed E-state index contributed by atoms with van der Waals surface area (Å²) in [6.07, 6.45) is 3.43. The highest BCUT2D eigenvalue weighted by atomic mass is 16.5. The molecule has 2 rings (SSSR count). The van der Waals surface area contributed by atoms with Gasteiger partial charge in [0.1, 0.15) is 6.26 Å². The van der Waals surface area contributed by atoms with E-state index in [4.69, 9.17) is 14.3 Å². The Balaban J connectivity index is 1.78. The van der Waals surface area contributed by atoms with Crippen LogP contribution in [0.3, 0.4) is 0 Å². The second-order valence-corrected chi connectivity index (χ2v) is 5.48. The van der Waals surface area contributed by atoms with E-state index in [9.17, 15) is 4.79 Å². The highest BCUT2D eigenvalue weighted by Gasteiger charge is 2.22. The maximum Gasteiger partial charge on any atom is 0.357 e. The van der Waals surface area contributed by atoms with Crippen molar-refractivity contribution in [2.75, 3.05) is 51.8 Å². The third-order valence-electron chi connectivity index (χ3n) is 3.89. The molecule has 1 aromatic rings. The summed E-state index contributed by atoms with van der Waals surface area (Å²) in [6.45, 7) is 4.75. The number of hydrogen-bond acceptors (Lipinski definition) is 6. The average Bonchev–Trinajstić information content (AvgIpc) is 2.97. The number of aromatic carboxylic acids is 1. The summed E-state index contributed by atoms with van der Waals surface area (Å²) in [5.41, 5.74) is -0.0498. The first-order chi connectivity index (χ1) is 10.1. The van der Waals surface area contributed by atoms with Gasteiger partial charge in [-0.15, -0.1) is 0 Å². The van der Waals surface area contributed by atoms with Crippen molar-refractivity contribution in [1.29, 1.82) is 0 Å². The molecule has 0 radical (unpaired) electrons. The number of methoxy groups -OCH3 is 1. The molecule has 7 heteroatoms. The molecule has 1 aromatic heterocycles. The van der Waals surface area contributed by atoms with E-state index in [0.717, 1.165) is 45.6 Å². The molecular weight excluding hydrogens is 274 g/mol. The number of hydrogen-bond donors (Lipinski definition) is 1. The largest absolute Gasteiger partial charge is 0.476 e. The molecule has 1 aliphatic rings. The fraction of sp³-hybridized carbons (Fsp3) is 0.714. The molecule has 7 nitrogen and oxygen atoms in total. The number of carboxylic acid groups (broad SMARTS) is 1. The number of rotatable bonds is 7. The van der Waals surface area contributed by atoms with E-state index in [1.165, 1.54) is 6.26 Å². The second-order valence-electron chi connectivity index (χ2n) is 5.48. The number of carbonyl (C=O) groups is 1. The van der Waals surface area contributed by atoms with Gasteiger partial charge < -0.3 is 24.1 Å². The lowest BCUT2D eigenvalue weighted by Crippen LogP contribution is -2.39. The number of anilines is 1. The van der Waals surface area contributed by atoms with Crippen molar-refractivity contribution in [3.8, 4) is 0 Å². The minimum absolute atomic E-state index is 0.0498. The van der Waals surface area contributed by atoms with Crippen molar-refractivity contribution in [2.45, 2.75) is 12.8 Å². The lowest BCUT2D eigenvalue weighted by molar-refractivity contribution is 0.0690. The standard InChI is InChI=1S/C14H23N3O4/c1-16(14-15-12(10-21-14)13(18)19)9-11-3-5-17(6-4-11)7-8-20-2/h10-11H,3-9H2,1-2H3,(H,18,19). The number of oxazole rings is 1. The summed E-state index contributed by atoms with van der Waals surface area (Å²) in [5, 5.41) is 8.84. The van der Waals surface area contributed by atoms with E-state index in [-0.39, 0.29) is 5.69 Å². The molecule has 0 atom stereocenters. The Morgan fingerprint density at radius 3 is 2.86 bits per heavy atom. The molecule has 1 fully saturated rings. The van der Waals surface area contributed by atoms with Gasteiger partial charge in [0, 0.05) is 27.2 Å². The van der Waals surface area contributed by atoms with Crippen LogP contribution in [0.25, 0.3) is 0 Å². The number of piperidine rings is 1. The Morgan fingerprint density at radius 1 is 1.57 bits per heavy atom. The summed E-state index contributed by atoms with van der Waals surface area (Å²) in [6, 6.07) is 0.370. The molecule has 21 heavy (non-hydrogen) atoms. The Labute approximate surface area is 124 Å². The van der Waals surface area contributed by atoms with Gasteiger partial charge in [0.2, 0.25) is 0 Å². The van der Waals surface area contributed by atoms with Gasteiger partial charge in [0.25, 0.3) is 6.01 Å². The molecule has 0 saturated carbocycles. The number of carboxylic acids is 1. The van der Waals surface area contributed by atoms with Gasteiger partial charge in [0.05, 0.1) is 6.61 Å². The van der Waals surface area contributed by atoms with Crippen LogP contribution in [0.2, 0.25) is 0 Å². The Bertz CT molecular complexity index is 455. The smallest absolute Gasteiger partial charge is 0.357 e. The van der Waals surface area contributed by atoms with Gasteiger partial charge in [-0.05, 0) is 31.8 Å². The second kappa shape index (κ2) is 7.42. The van der Waals surface area contributed by atoms with Crippen molar-refractivity contribution in [3.63, 3.8) is 0 Å². The first-order valence-electron chi connectivity index (χ1n) is 7.21. The molecule has 0 aromatic carbocycles. The fourth-order valence-corrected chi connectivity index (χ4v) is 2.62. The molecule has 2 heterocycles. The molecule has 0 bridgehead atoms. The third kappa shape index (κ3) is 4.44. The lowest BCUT2D eigenvalue weighted by Gasteiger charge is -2.33. The highest BCUT2D eigenvalue weighted by Crippen LogP contribution is 2.20. The van der Waals surface area contributed by atoms with Crippen LogP contribution < -0.4 is 4.90 Å². The zero-order valence-corrected chi connectivity index (χ0v) is 12.6. The SMILES string of the molecule is COCCN1CCC(CN(C)c2nc(C(=O)O)co2)CC1. The molecular formula is C14H23N3O4. The van der Waals surface area contributed by atoms with Crippen LogP contribution >= 0.6 is 0 Å². The van der Waals surface area contributed by atoms with Crippen molar-refractivity contribution in [1.82, 2.24) is 9.88 Å². The highest BCUT2D eigenvalue weighted by molar-refractivity contribution is 5.85. The minimum Gasteiger partial charge on any atom is -0.476 e. The number of ether oxygens (including phenoxy) is 1. The molecule has 1 N–H and O–H groups in total. The van der Waals surface area contributed by atoms with E-state index in [0.29, 0.717) is 11.9 Å². The van der Waals surface area contributed by atoms with E-state index >= 15 is 0 Å². The molecule has 118 valence electrons. The van der Waals surface area contributed by atoms with Gasteiger partial charge in [-0.2, -0.15) is 4.98 Å². The Kier molecular flexibility index (Phi) is 5.58. The zero-order chi connectivity index (χ0) is 15.2. The molecule has 1 aliphatic heterocycles. The predicted molar refractivity (Wildman–Crippen MR) is 77.8 cm³/mol. The average molecular weight is 297 g/mol. The number of aromatic nitrogens is 1. The van der Waals surface area contributed by atoms with Gasteiger partial charge in [-0.3, -0.25) is 0 Å². The maximum absolute atomic E-state index is 10.8.